The van der Waals surface area contributed by atoms with Crippen LogP contribution in [0, 0.1) is 5.82 Å². The lowest BCUT2D eigenvalue weighted by Crippen LogP contribution is -2.49. The van der Waals surface area contributed by atoms with Crippen LogP contribution in [-0.2, 0) is 0 Å². The summed E-state index contributed by atoms with van der Waals surface area (Å²) in [6, 6.07) is 10.6. The minimum Gasteiger partial charge on any atom is -0.368 e. The third kappa shape index (κ3) is 4.35. The minimum atomic E-state index is -0.390. The van der Waals surface area contributed by atoms with Gasteiger partial charge in [0.2, 0.25) is 0 Å². The predicted molar refractivity (Wildman–Crippen MR) is 126 cm³/mol. The highest BCUT2D eigenvalue weighted by molar-refractivity contribution is 5.92. The molecule has 1 aromatic carbocycles. The van der Waals surface area contributed by atoms with Crippen molar-refractivity contribution in [2.24, 2.45) is 0 Å². The van der Waals surface area contributed by atoms with E-state index in [-0.39, 0.29) is 17.3 Å². The molecule has 7 nitrogen and oxygen atoms in total. The largest absolute Gasteiger partial charge is 0.368 e. The molecule has 0 bridgehead atoms. The molecule has 0 radical (unpaired) electrons. The number of benzene rings is 1. The van der Waals surface area contributed by atoms with E-state index < -0.39 is 0 Å². The molecule has 172 valence electrons. The average Bonchev–Trinajstić information content (AvgIpc) is 3.34. The lowest BCUT2D eigenvalue weighted by atomic mass is 10.0. The minimum absolute atomic E-state index is 0.179. The van der Waals surface area contributed by atoms with E-state index in [9.17, 15) is 14.0 Å². The number of fused-ring (bicyclic) bond motifs is 1. The zero-order valence-electron chi connectivity index (χ0n) is 18.7. The van der Waals surface area contributed by atoms with Crippen LogP contribution >= 0.6 is 0 Å². The molecule has 2 atom stereocenters. The topological polar surface area (TPSA) is 81.3 Å². The van der Waals surface area contributed by atoms with Crippen LogP contribution in [0.5, 0.6) is 0 Å². The Labute approximate surface area is 191 Å². The Balaban J connectivity index is 1.21. The summed E-state index contributed by atoms with van der Waals surface area (Å²) in [7, 11) is 1.60. The fourth-order valence-corrected chi connectivity index (χ4v) is 5.23. The van der Waals surface area contributed by atoms with E-state index in [0.717, 1.165) is 62.2 Å². The number of hydrogen-bond donors (Lipinski definition) is 2. The molecule has 1 aliphatic heterocycles. The van der Waals surface area contributed by atoms with Crippen LogP contribution in [0.25, 0.3) is 10.8 Å². The number of amides is 1. The number of anilines is 1. The van der Waals surface area contributed by atoms with Crippen LogP contribution in [0.15, 0.2) is 47.4 Å². The molecule has 5 rings (SSSR count). The first kappa shape index (κ1) is 21.6. The van der Waals surface area contributed by atoms with Gasteiger partial charge in [0.15, 0.2) is 0 Å². The van der Waals surface area contributed by atoms with Crippen molar-refractivity contribution in [1.82, 2.24) is 20.2 Å². The second kappa shape index (κ2) is 8.94. The van der Waals surface area contributed by atoms with Gasteiger partial charge in [0.05, 0.1) is 11.9 Å². The van der Waals surface area contributed by atoms with Gasteiger partial charge in [-0.3, -0.25) is 14.5 Å². The zero-order valence-corrected chi connectivity index (χ0v) is 18.7. The van der Waals surface area contributed by atoms with Crippen LogP contribution < -0.4 is 15.8 Å². The second-order valence-electron chi connectivity index (χ2n) is 8.95. The van der Waals surface area contributed by atoms with Crippen LogP contribution in [0.3, 0.4) is 0 Å². The molecule has 33 heavy (non-hydrogen) atoms. The SMILES string of the molecule is CNC(=O)c1ccc(N2CCN([C@@H]3CCC(c4cc5ccc(F)cc5c(=O)[nH]4)C3)CC2)cn1. The van der Waals surface area contributed by atoms with E-state index >= 15 is 0 Å². The van der Waals surface area contributed by atoms with Gasteiger partial charge in [0.25, 0.3) is 11.5 Å². The van der Waals surface area contributed by atoms with Crippen LogP contribution in [-0.4, -0.2) is 60.0 Å². The molecule has 0 spiro atoms. The highest BCUT2D eigenvalue weighted by atomic mass is 19.1. The molecule has 1 unspecified atom stereocenters. The second-order valence-corrected chi connectivity index (χ2v) is 8.95. The lowest BCUT2D eigenvalue weighted by molar-refractivity contribution is 0.0958. The molecule has 3 aromatic rings. The number of halogens is 1. The Hall–Kier alpha value is -3.26. The van der Waals surface area contributed by atoms with Crippen LogP contribution in [0.2, 0.25) is 0 Å². The summed E-state index contributed by atoms with van der Waals surface area (Å²) in [4.78, 5) is 36.3. The summed E-state index contributed by atoms with van der Waals surface area (Å²) in [6.45, 7) is 3.78. The summed E-state index contributed by atoms with van der Waals surface area (Å²) < 4.78 is 13.5. The molecular weight excluding hydrogens is 421 g/mol. The molecule has 1 aliphatic carbocycles. The molecule has 2 fully saturated rings. The Morgan fingerprint density at radius 3 is 2.67 bits per heavy atom. The molecule has 1 amide bonds. The summed E-state index contributed by atoms with van der Waals surface area (Å²) in [5, 5.41) is 3.79. The van der Waals surface area contributed by atoms with E-state index in [1.165, 1.54) is 12.1 Å². The molecule has 2 N–H and O–H groups in total. The van der Waals surface area contributed by atoms with Crippen molar-refractivity contribution in [1.29, 1.82) is 0 Å². The van der Waals surface area contributed by atoms with Gasteiger partial charge >= 0.3 is 0 Å². The maximum Gasteiger partial charge on any atom is 0.269 e. The van der Waals surface area contributed by atoms with E-state index in [0.29, 0.717) is 23.0 Å². The Morgan fingerprint density at radius 1 is 1.12 bits per heavy atom. The van der Waals surface area contributed by atoms with Crippen LogP contribution in [0.4, 0.5) is 10.1 Å². The Morgan fingerprint density at radius 2 is 1.94 bits per heavy atom. The number of aromatic nitrogens is 2. The summed E-state index contributed by atoms with van der Waals surface area (Å²) >= 11 is 0. The van der Waals surface area contributed by atoms with E-state index in [2.05, 4.69) is 25.1 Å². The van der Waals surface area contributed by atoms with Gasteiger partial charge in [-0.15, -0.1) is 0 Å². The summed E-state index contributed by atoms with van der Waals surface area (Å²) in [5.74, 6) is -0.252. The monoisotopic (exact) mass is 449 g/mol. The van der Waals surface area contributed by atoms with E-state index in [4.69, 9.17) is 0 Å². The first-order chi connectivity index (χ1) is 16.0. The van der Waals surface area contributed by atoms with Gasteiger partial charge in [-0.1, -0.05) is 6.07 Å². The maximum atomic E-state index is 13.5. The molecule has 2 aliphatic rings. The number of hydrogen-bond acceptors (Lipinski definition) is 5. The van der Waals surface area contributed by atoms with Gasteiger partial charge in [-0.05, 0) is 55.0 Å². The number of aromatic amines is 1. The van der Waals surface area contributed by atoms with E-state index in [1.54, 1.807) is 25.4 Å². The third-order valence-corrected chi connectivity index (χ3v) is 7.08. The van der Waals surface area contributed by atoms with E-state index in [1.807, 2.05) is 12.1 Å². The maximum absolute atomic E-state index is 13.5. The smallest absolute Gasteiger partial charge is 0.269 e. The van der Waals surface area contributed by atoms with Crippen LogP contribution in [0.1, 0.15) is 41.4 Å². The van der Waals surface area contributed by atoms with Gasteiger partial charge < -0.3 is 15.2 Å². The summed E-state index contributed by atoms with van der Waals surface area (Å²) in [6.07, 6.45) is 4.94. The Kier molecular flexibility index (Phi) is 5.85. The predicted octanol–water partition coefficient (Wildman–Crippen LogP) is 2.88. The third-order valence-electron chi connectivity index (χ3n) is 7.08. The number of piperazine rings is 1. The van der Waals surface area contributed by atoms with Gasteiger partial charge in [0.1, 0.15) is 11.5 Å². The molecule has 8 heteroatoms. The van der Waals surface area contributed by atoms with Crippen molar-refractivity contribution in [3.63, 3.8) is 0 Å². The molecular formula is C25H28FN5O2. The highest BCUT2D eigenvalue weighted by Crippen LogP contribution is 2.37. The van der Waals surface area contributed by atoms with Crippen molar-refractivity contribution in [2.75, 3.05) is 38.1 Å². The zero-order chi connectivity index (χ0) is 22.9. The van der Waals surface area contributed by atoms with Gasteiger partial charge in [0, 0.05) is 56.3 Å². The van der Waals surface area contributed by atoms with Gasteiger partial charge in [-0.2, -0.15) is 0 Å². The molecule has 1 saturated carbocycles. The van der Waals surface area contributed by atoms with Crippen molar-refractivity contribution >= 4 is 22.4 Å². The fraction of sp³-hybridized carbons (Fsp3) is 0.400. The number of carbonyl (C=O) groups is 1. The average molecular weight is 450 g/mol. The fourth-order valence-electron chi connectivity index (χ4n) is 5.23. The molecule has 3 heterocycles. The normalized spacial score (nSPS) is 21.5. The number of nitrogens with zero attached hydrogens (tertiary/aromatic N) is 3. The number of pyridine rings is 2. The first-order valence-electron chi connectivity index (χ1n) is 11.5. The lowest BCUT2D eigenvalue weighted by Gasteiger charge is -2.39. The molecule has 2 aromatic heterocycles. The highest BCUT2D eigenvalue weighted by Gasteiger charge is 2.32. The van der Waals surface area contributed by atoms with Crippen molar-refractivity contribution < 1.29 is 9.18 Å². The van der Waals surface area contributed by atoms with Crippen molar-refractivity contribution in [3.05, 3.63) is 70.2 Å². The molecule has 1 saturated heterocycles. The van der Waals surface area contributed by atoms with Crippen molar-refractivity contribution in [2.45, 2.75) is 31.2 Å². The van der Waals surface area contributed by atoms with Crippen molar-refractivity contribution in [3.8, 4) is 0 Å². The number of carbonyl (C=O) groups excluding carboxylic acids is 1. The first-order valence-corrected chi connectivity index (χ1v) is 11.5. The number of rotatable bonds is 4. The quantitative estimate of drug-likeness (QED) is 0.640. The Bertz CT molecular complexity index is 1220. The standard InChI is InChI=1S/C25H28FN5O2/c1-27-25(33)22-7-6-20(15-28-22)31-10-8-30(9-11-31)19-5-3-17(12-19)23-13-16-2-4-18(26)14-21(16)24(32)29-23/h2,4,6-7,13-15,17,19H,3,5,8-12H2,1H3,(H,27,33)(H,29,32)/t17?,19-/m1/s1. The number of nitrogens with one attached hydrogen (secondary N) is 2. The van der Waals surface area contributed by atoms with Gasteiger partial charge in [-0.25, -0.2) is 9.37 Å². The summed E-state index contributed by atoms with van der Waals surface area (Å²) in [5.41, 5.74) is 2.21. The number of H-pyrrole nitrogens is 1.